The molecule has 5 heterocycles. The Labute approximate surface area is 243 Å². The first-order valence-electron chi connectivity index (χ1n) is 13.5. The van der Waals surface area contributed by atoms with E-state index in [1.54, 1.807) is 25.1 Å². The predicted octanol–water partition coefficient (Wildman–Crippen LogP) is 6.94. The first-order valence-corrected chi connectivity index (χ1v) is 16.2. The van der Waals surface area contributed by atoms with Crippen molar-refractivity contribution >= 4 is 70.3 Å². The summed E-state index contributed by atoms with van der Waals surface area (Å²) in [7, 11) is -2.27. The molecule has 0 radical (unpaired) electrons. The molecule has 0 fully saturated rings. The molecule has 0 aliphatic carbocycles. The summed E-state index contributed by atoms with van der Waals surface area (Å²) in [6, 6.07) is 39.2. The molecule has 5 nitrogen and oxygen atoms in total. The number of pyridine rings is 1. The molecule has 202 valence electrons. The van der Waals surface area contributed by atoms with Gasteiger partial charge in [0.25, 0.3) is 0 Å². The average Bonchev–Trinajstić information content (AvgIpc) is 3.87. The van der Waals surface area contributed by atoms with Crippen LogP contribution >= 0.6 is 15.8 Å². The Balaban J connectivity index is 1.49. The van der Waals surface area contributed by atoms with Crippen molar-refractivity contribution in [3.05, 3.63) is 140 Å². The van der Waals surface area contributed by atoms with Crippen molar-refractivity contribution in [1.82, 2.24) is 4.98 Å². The van der Waals surface area contributed by atoms with Gasteiger partial charge in [-0.3, -0.25) is 0 Å². The lowest BCUT2D eigenvalue weighted by atomic mass is 9.96. The van der Waals surface area contributed by atoms with Crippen LogP contribution in [0.2, 0.25) is 0 Å². The van der Waals surface area contributed by atoms with E-state index < -0.39 is 15.8 Å². The zero-order chi connectivity index (χ0) is 27.9. The van der Waals surface area contributed by atoms with Crippen molar-refractivity contribution in [2.75, 3.05) is 0 Å². The summed E-state index contributed by atoms with van der Waals surface area (Å²) in [6.45, 7) is 0. The Morgan fingerprint density at radius 2 is 0.833 bits per heavy atom. The van der Waals surface area contributed by atoms with Gasteiger partial charge >= 0.3 is 0 Å². The van der Waals surface area contributed by atoms with E-state index in [1.807, 2.05) is 54.6 Å². The lowest BCUT2D eigenvalue weighted by Gasteiger charge is -2.20. The molecule has 42 heavy (non-hydrogen) atoms. The number of aromatic nitrogens is 1. The van der Waals surface area contributed by atoms with Crippen LogP contribution in [0.3, 0.4) is 0 Å². The molecule has 0 atom stereocenters. The highest BCUT2D eigenvalue weighted by atomic mass is 31.1. The maximum absolute atomic E-state index is 6.00. The van der Waals surface area contributed by atoms with E-state index in [4.69, 9.17) is 22.7 Å². The summed E-state index contributed by atoms with van der Waals surface area (Å²) in [5, 5.41) is 4.30. The summed E-state index contributed by atoms with van der Waals surface area (Å²) in [5.41, 5.74) is 7.55. The van der Waals surface area contributed by atoms with Gasteiger partial charge in [0, 0.05) is 26.9 Å². The Bertz CT molecular complexity index is 1890. The van der Waals surface area contributed by atoms with E-state index in [0.29, 0.717) is 0 Å². The van der Waals surface area contributed by atoms with Crippen molar-refractivity contribution in [3.63, 3.8) is 0 Å². The maximum atomic E-state index is 6.00. The molecule has 5 aromatic heterocycles. The summed E-state index contributed by atoms with van der Waals surface area (Å²) in [5.74, 6) is 0. The van der Waals surface area contributed by atoms with E-state index in [9.17, 15) is 0 Å². The second kappa shape index (κ2) is 10.6. The van der Waals surface area contributed by atoms with Crippen LogP contribution in [0.15, 0.2) is 158 Å². The number of nitrogens with zero attached hydrogens (tertiary/aromatic N) is 1. The van der Waals surface area contributed by atoms with Gasteiger partial charge in [0.05, 0.1) is 51.9 Å². The van der Waals surface area contributed by atoms with Crippen LogP contribution in [-0.4, -0.2) is 4.98 Å². The maximum Gasteiger partial charge on any atom is 0.137 e. The monoisotopic (exact) mass is 583 g/mol. The molecule has 0 spiro atoms. The molecule has 0 saturated heterocycles. The minimum Gasteiger partial charge on any atom is -0.464 e. The van der Waals surface area contributed by atoms with Gasteiger partial charge in [-0.05, 0) is 54.1 Å². The topological polar surface area (TPSA) is 65.5 Å². The molecule has 0 saturated carbocycles. The minimum atomic E-state index is -1.13. The van der Waals surface area contributed by atoms with Gasteiger partial charge in [0.1, 0.15) is 22.0 Å². The van der Waals surface area contributed by atoms with Crippen LogP contribution in [-0.2, 0) is 0 Å². The van der Waals surface area contributed by atoms with E-state index >= 15 is 0 Å². The first kappa shape index (κ1) is 25.1. The summed E-state index contributed by atoms with van der Waals surface area (Å²) in [6.07, 6.45) is 6.87. The number of para-hydroxylation sites is 2. The molecule has 8 rings (SSSR count). The highest BCUT2D eigenvalue weighted by Gasteiger charge is 2.29. The van der Waals surface area contributed by atoms with E-state index in [0.717, 1.165) is 65.5 Å². The number of hydrogen-bond donors (Lipinski definition) is 0. The third kappa shape index (κ3) is 4.21. The molecule has 7 heteroatoms. The van der Waals surface area contributed by atoms with Crippen LogP contribution in [0.5, 0.6) is 0 Å². The van der Waals surface area contributed by atoms with Crippen LogP contribution in [0.25, 0.3) is 32.9 Å². The predicted molar refractivity (Wildman–Crippen MR) is 171 cm³/mol. The largest absolute Gasteiger partial charge is 0.464 e. The molecule has 0 amide bonds. The average molecular weight is 584 g/mol. The van der Waals surface area contributed by atoms with Gasteiger partial charge in [-0.1, -0.05) is 66.7 Å². The summed E-state index contributed by atoms with van der Waals surface area (Å²) < 4.78 is 24.0. The molecule has 8 aromatic rings. The van der Waals surface area contributed by atoms with Crippen LogP contribution < -0.4 is 32.6 Å². The fraction of sp³-hybridized carbons (Fsp3) is 0. The smallest absolute Gasteiger partial charge is 0.137 e. The molecule has 0 bridgehead atoms. The van der Waals surface area contributed by atoms with Gasteiger partial charge in [-0.2, -0.15) is 0 Å². The number of rotatable bonds is 7. The van der Waals surface area contributed by atoms with Gasteiger partial charge < -0.3 is 17.7 Å². The van der Waals surface area contributed by atoms with Crippen molar-refractivity contribution in [2.24, 2.45) is 0 Å². The Morgan fingerprint density at radius 3 is 1.21 bits per heavy atom. The SMILES string of the molecule is c1ccc(-c2c3cccc(P(c4ccco4)c4ccco4)c3nc3c(P(c4ccco4)c4ccco4)cccc23)cc1. The molecular weight excluding hydrogens is 560 g/mol. The number of benzene rings is 3. The van der Waals surface area contributed by atoms with Gasteiger partial charge in [-0.15, -0.1) is 0 Å². The number of furan rings is 4. The summed E-state index contributed by atoms with van der Waals surface area (Å²) in [4.78, 5) is 5.51. The molecular formula is C35H23NO4P2. The Morgan fingerprint density at radius 1 is 0.405 bits per heavy atom. The van der Waals surface area contributed by atoms with Crippen LogP contribution in [0.1, 0.15) is 0 Å². The van der Waals surface area contributed by atoms with Crippen molar-refractivity contribution in [2.45, 2.75) is 0 Å². The van der Waals surface area contributed by atoms with Gasteiger partial charge in [-0.25, -0.2) is 4.98 Å². The number of hydrogen-bond acceptors (Lipinski definition) is 5. The fourth-order valence-electron chi connectivity index (χ4n) is 5.52. The van der Waals surface area contributed by atoms with Crippen LogP contribution in [0.4, 0.5) is 0 Å². The normalized spacial score (nSPS) is 11.8. The van der Waals surface area contributed by atoms with E-state index in [-0.39, 0.29) is 0 Å². The highest BCUT2D eigenvalue weighted by Crippen LogP contribution is 2.42. The van der Waals surface area contributed by atoms with E-state index in [1.165, 1.54) is 0 Å². The zero-order valence-corrected chi connectivity index (χ0v) is 24.0. The Hall–Kier alpha value is -4.69. The zero-order valence-electron chi connectivity index (χ0n) is 22.3. The highest BCUT2D eigenvalue weighted by molar-refractivity contribution is 7.80. The summed E-state index contributed by atoms with van der Waals surface area (Å²) >= 11 is 0. The quantitative estimate of drug-likeness (QED) is 0.150. The molecule has 0 aliphatic rings. The van der Waals surface area contributed by atoms with Crippen molar-refractivity contribution < 1.29 is 17.7 Å². The second-order valence-electron chi connectivity index (χ2n) is 9.68. The van der Waals surface area contributed by atoms with Crippen molar-refractivity contribution in [3.8, 4) is 11.1 Å². The van der Waals surface area contributed by atoms with Crippen LogP contribution in [0, 0.1) is 0 Å². The third-order valence-corrected chi connectivity index (χ3v) is 11.7. The van der Waals surface area contributed by atoms with Gasteiger partial charge in [0.15, 0.2) is 0 Å². The third-order valence-electron chi connectivity index (χ3n) is 7.24. The molecule has 3 aromatic carbocycles. The molecule has 0 aliphatic heterocycles. The standard InChI is InChI=1S/C35H23NO4P2/c1-2-10-24(11-3-1)33-25-12-4-14-27(41(29-16-6-20-37-29)30-17-7-21-38-30)34(25)36-35-26(33)13-5-15-28(35)42(31-18-8-22-39-31)32-19-9-23-40-32/h1-23H. The van der Waals surface area contributed by atoms with Gasteiger partial charge in [0.2, 0.25) is 0 Å². The lowest BCUT2D eigenvalue weighted by molar-refractivity contribution is 0.593. The molecule has 0 unspecified atom stereocenters. The lowest BCUT2D eigenvalue weighted by Crippen LogP contribution is -2.22. The Kier molecular flexibility index (Phi) is 6.33. The first-order chi connectivity index (χ1) is 20.9. The number of fused-ring (bicyclic) bond motifs is 2. The molecule has 0 N–H and O–H groups in total. The van der Waals surface area contributed by atoms with E-state index in [2.05, 4.69) is 60.7 Å². The minimum absolute atomic E-state index is 0.859. The second-order valence-corrected chi connectivity index (χ2v) is 13.7. The fourth-order valence-corrected chi connectivity index (χ4v) is 9.74. The van der Waals surface area contributed by atoms with Crippen molar-refractivity contribution in [1.29, 1.82) is 0 Å².